The molecule has 0 aliphatic carbocycles. The van der Waals surface area contributed by atoms with Gasteiger partial charge in [-0.3, -0.25) is 4.90 Å². The van der Waals surface area contributed by atoms with Crippen LogP contribution in [0.5, 0.6) is 0 Å². The Bertz CT molecular complexity index is 407. The lowest BCUT2D eigenvalue weighted by Gasteiger charge is -2.43. The van der Waals surface area contributed by atoms with E-state index in [0.717, 1.165) is 51.6 Å². The molecule has 3 aliphatic rings. The SMILES string of the molecule is CC(C)(C)N1CCCC(NC(=O)N2C3CCC2CC(O)C3)C1. The standard InChI is InChI=1S/C17H31N3O2/c1-17(2,3)19-8-4-5-12(11-19)18-16(22)20-13-6-7-14(20)10-15(21)9-13/h12-15,21H,4-11H2,1-3H3,(H,18,22). The van der Waals surface area contributed by atoms with Gasteiger partial charge in [0.2, 0.25) is 0 Å². The van der Waals surface area contributed by atoms with E-state index in [1.165, 1.54) is 0 Å². The van der Waals surface area contributed by atoms with Gasteiger partial charge in [-0.2, -0.15) is 0 Å². The first kappa shape index (κ1) is 16.1. The molecule has 5 heteroatoms. The number of hydrogen-bond donors (Lipinski definition) is 2. The third kappa shape index (κ3) is 3.25. The molecular weight excluding hydrogens is 278 g/mol. The summed E-state index contributed by atoms with van der Waals surface area (Å²) in [5.74, 6) is 0. The second-order valence-electron chi connectivity index (χ2n) is 8.32. The molecule has 126 valence electrons. The van der Waals surface area contributed by atoms with Gasteiger partial charge < -0.3 is 15.3 Å². The van der Waals surface area contributed by atoms with Crippen LogP contribution in [0.3, 0.4) is 0 Å². The Morgan fingerprint density at radius 2 is 1.77 bits per heavy atom. The Balaban J connectivity index is 1.58. The molecule has 22 heavy (non-hydrogen) atoms. The Morgan fingerprint density at radius 3 is 2.36 bits per heavy atom. The molecule has 0 aromatic carbocycles. The van der Waals surface area contributed by atoms with E-state index in [-0.39, 0.29) is 35.8 Å². The number of amides is 2. The second kappa shape index (κ2) is 6.00. The molecule has 2 bridgehead atoms. The van der Waals surface area contributed by atoms with Crippen molar-refractivity contribution in [2.45, 2.75) is 89.1 Å². The molecule has 2 N–H and O–H groups in total. The molecule has 0 aromatic heterocycles. The molecule has 3 unspecified atom stereocenters. The van der Waals surface area contributed by atoms with Crippen molar-refractivity contribution in [1.82, 2.24) is 15.1 Å². The van der Waals surface area contributed by atoms with Gasteiger partial charge in [0.05, 0.1) is 6.10 Å². The first-order valence-electron chi connectivity index (χ1n) is 8.86. The fraction of sp³-hybridized carbons (Fsp3) is 0.941. The number of rotatable bonds is 1. The van der Waals surface area contributed by atoms with Crippen molar-refractivity contribution in [2.24, 2.45) is 0 Å². The topological polar surface area (TPSA) is 55.8 Å². The van der Waals surface area contributed by atoms with Crippen LogP contribution in [-0.2, 0) is 0 Å². The minimum Gasteiger partial charge on any atom is -0.393 e. The average Bonchev–Trinajstić information content (AvgIpc) is 2.70. The fourth-order valence-corrected chi connectivity index (χ4v) is 4.43. The second-order valence-corrected chi connectivity index (χ2v) is 8.32. The summed E-state index contributed by atoms with van der Waals surface area (Å²) in [6.45, 7) is 8.79. The summed E-state index contributed by atoms with van der Waals surface area (Å²) >= 11 is 0. The van der Waals surface area contributed by atoms with Crippen molar-refractivity contribution in [2.75, 3.05) is 13.1 Å². The van der Waals surface area contributed by atoms with E-state index < -0.39 is 0 Å². The van der Waals surface area contributed by atoms with Gasteiger partial charge in [-0.25, -0.2) is 4.79 Å². The lowest BCUT2D eigenvalue weighted by atomic mass is 9.98. The van der Waals surface area contributed by atoms with E-state index in [4.69, 9.17) is 0 Å². The van der Waals surface area contributed by atoms with Crippen LogP contribution in [-0.4, -0.2) is 63.8 Å². The maximum Gasteiger partial charge on any atom is 0.318 e. The molecule has 0 spiro atoms. The van der Waals surface area contributed by atoms with Crippen molar-refractivity contribution < 1.29 is 9.90 Å². The van der Waals surface area contributed by atoms with Gasteiger partial charge in [-0.1, -0.05) is 0 Å². The number of urea groups is 1. The normalized spacial score (nSPS) is 36.5. The van der Waals surface area contributed by atoms with Crippen molar-refractivity contribution in [3.8, 4) is 0 Å². The summed E-state index contributed by atoms with van der Waals surface area (Å²) < 4.78 is 0. The number of carbonyl (C=O) groups is 1. The van der Waals surface area contributed by atoms with Crippen LogP contribution in [0.1, 0.15) is 59.3 Å². The summed E-state index contributed by atoms with van der Waals surface area (Å²) in [6.07, 6.45) is 5.61. The zero-order valence-corrected chi connectivity index (χ0v) is 14.2. The van der Waals surface area contributed by atoms with E-state index in [9.17, 15) is 9.90 Å². The number of likely N-dealkylation sites (tertiary alicyclic amines) is 1. The minimum atomic E-state index is -0.215. The molecule has 2 amide bonds. The van der Waals surface area contributed by atoms with Gasteiger partial charge in [0.1, 0.15) is 0 Å². The quantitative estimate of drug-likeness (QED) is 0.778. The number of nitrogens with one attached hydrogen (secondary N) is 1. The molecule has 0 radical (unpaired) electrons. The smallest absolute Gasteiger partial charge is 0.318 e. The van der Waals surface area contributed by atoms with Crippen LogP contribution in [0.25, 0.3) is 0 Å². The van der Waals surface area contributed by atoms with E-state index in [1.807, 2.05) is 4.90 Å². The first-order chi connectivity index (χ1) is 10.3. The highest BCUT2D eigenvalue weighted by Gasteiger charge is 2.43. The summed E-state index contributed by atoms with van der Waals surface area (Å²) in [5, 5.41) is 13.1. The number of nitrogens with zero attached hydrogens (tertiary/aromatic N) is 2. The van der Waals surface area contributed by atoms with Crippen LogP contribution in [0.15, 0.2) is 0 Å². The number of carbonyl (C=O) groups excluding carboxylic acids is 1. The molecule has 3 saturated heterocycles. The van der Waals surface area contributed by atoms with Gasteiger partial charge in [-0.05, 0) is 65.8 Å². The number of aliphatic hydroxyl groups is 1. The summed E-state index contributed by atoms with van der Waals surface area (Å²) in [7, 11) is 0. The molecule has 3 fully saturated rings. The fourth-order valence-electron chi connectivity index (χ4n) is 4.43. The Hall–Kier alpha value is -0.810. The van der Waals surface area contributed by atoms with Crippen LogP contribution >= 0.6 is 0 Å². The minimum absolute atomic E-state index is 0.0974. The van der Waals surface area contributed by atoms with E-state index in [2.05, 4.69) is 31.0 Å². The number of aliphatic hydroxyl groups excluding tert-OH is 1. The Morgan fingerprint density at radius 1 is 1.14 bits per heavy atom. The number of hydrogen-bond acceptors (Lipinski definition) is 3. The lowest BCUT2D eigenvalue weighted by Crippen LogP contribution is -2.58. The van der Waals surface area contributed by atoms with Gasteiger partial charge in [0.15, 0.2) is 0 Å². The van der Waals surface area contributed by atoms with Crippen molar-refractivity contribution >= 4 is 6.03 Å². The molecule has 3 aliphatic heterocycles. The van der Waals surface area contributed by atoms with Crippen LogP contribution in [0, 0.1) is 0 Å². The van der Waals surface area contributed by atoms with E-state index in [1.54, 1.807) is 0 Å². The zero-order chi connectivity index (χ0) is 15.9. The molecule has 3 rings (SSSR count). The van der Waals surface area contributed by atoms with Crippen molar-refractivity contribution in [3.63, 3.8) is 0 Å². The van der Waals surface area contributed by atoms with Gasteiger partial charge in [0.25, 0.3) is 0 Å². The maximum absolute atomic E-state index is 12.7. The highest BCUT2D eigenvalue weighted by Crippen LogP contribution is 2.35. The number of fused-ring (bicyclic) bond motifs is 2. The largest absolute Gasteiger partial charge is 0.393 e. The number of piperidine rings is 2. The third-order valence-corrected chi connectivity index (χ3v) is 5.64. The average molecular weight is 309 g/mol. The van der Waals surface area contributed by atoms with Crippen LogP contribution in [0.2, 0.25) is 0 Å². The maximum atomic E-state index is 12.7. The summed E-state index contributed by atoms with van der Waals surface area (Å²) in [5.41, 5.74) is 0.164. The predicted molar refractivity (Wildman–Crippen MR) is 86.8 cm³/mol. The molecule has 3 heterocycles. The molecular formula is C17H31N3O2. The van der Waals surface area contributed by atoms with Crippen molar-refractivity contribution in [1.29, 1.82) is 0 Å². The van der Waals surface area contributed by atoms with Crippen LogP contribution < -0.4 is 5.32 Å². The summed E-state index contributed by atoms with van der Waals surface area (Å²) in [6, 6.07) is 0.846. The molecule has 3 atom stereocenters. The lowest BCUT2D eigenvalue weighted by molar-refractivity contribution is 0.0494. The Labute approximate surface area is 134 Å². The Kier molecular flexibility index (Phi) is 4.38. The summed E-state index contributed by atoms with van der Waals surface area (Å²) in [4.78, 5) is 17.2. The first-order valence-corrected chi connectivity index (χ1v) is 8.86. The molecule has 5 nitrogen and oxygen atoms in total. The third-order valence-electron chi connectivity index (χ3n) is 5.64. The monoisotopic (exact) mass is 309 g/mol. The van der Waals surface area contributed by atoms with Gasteiger partial charge >= 0.3 is 6.03 Å². The van der Waals surface area contributed by atoms with Gasteiger partial charge in [-0.15, -0.1) is 0 Å². The van der Waals surface area contributed by atoms with E-state index in [0.29, 0.717) is 0 Å². The predicted octanol–water partition coefficient (Wildman–Crippen LogP) is 1.95. The van der Waals surface area contributed by atoms with Crippen LogP contribution in [0.4, 0.5) is 4.79 Å². The van der Waals surface area contributed by atoms with Gasteiger partial charge in [0, 0.05) is 30.2 Å². The molecule has 0 aromatic rings. The highest BCUT2D eigenvalue weighted by atomic mass is 16.3. The van der Waals surface area contributed by atoms with E-state index >= 15 is 0 Å². The highest BCUT2D eigenvalue weighted by molar-refractivity contribution is 5.76. The zero-order valence-electron chi connectivity index (χ0n) is 14.2. The van der Waals surface area contributed by atoms with Crippen molar-refractivity contribution in [3.05, 3.63) is 0 Å². The molecule has 0 saturated carbocycles.